The van der Waals surface area contributed by atoms with Crippen molar-refractivity contribution in [2.24, 2.45) is 5.73 Å². The van der Waals surface area contributed by atoms with Gasteiger partial charge in [-0.25, -0.2) is 0 Å². The minimum Gasteiger partial charge on any atom is -0.379 e. The topological polar surface area (TPSA) is 44.5 Å². The second-order valence-electron chi connectivity index (χ2n) is 5.23. The fraction of sp³-hybridized carbons (Fsp3) is 0.625. The van der Waals surface area contributed by atoms with Crippen molar-refractivity contribution in [2.45, 2.75) is 45.8 Å². The highest BCUT2D eigenvalue weighted by molar-refractivity contribution is 5.26. The summed E-state index contributed by atoms with van der Waals surface area (Å²) in [6, 6.07) is 8.39. The molecule has 3 nitrogen and oxygen atoms in total. The SMILES string of the molecule is CCOCC(C)OCC(N)c1ccc(C(C)C)cc1. The molecule has 1 aromatic rings. The maximum Gasteiger partial charge on any atom is 0.0781 e. The highest BCUT2D eigenvalue weighted by atomic mass is 16.5. The second kappa shape index (κ2) is 8.31. The molecule has 0 aliphatic carbocycles. The van der Waals surface area contributed by atoms with Crippen LogP contribution in [0.15, 0.2) is 24.3 Å². The third-order valence-electron chi connectivity index (χ3n) is 3.15. The Morgan fingerprint density at radius 3 is 2.11 bits per heavy atom. The van der Waals surface area contributed by atoms with Gasteiger partial charge in [0, 0.05) is 6.61 Å². The first-order valence-electron chi connectivity index (χ1n) is 7.09. The molecule has 1 aromatic carbocycles. The lowest BCUT2D eigenvalue weighted by molar-refractivity contribution is -0.00835. The summed E-state index contributed by atoms with van der Waals surface area (Å²) in [5.74, 6) is 0.549. The predicted octanol–water partition coefficient (Wildman–Crippen LogP) is 3.25. The van der Waals surface area contributed by atoms with Gasteiger partial charge in [0.05, 0.1) is 25.4 Å². The number of nitrogens with two attached hydrogens (primary N) is 1. The first kappa shape index (κ1) is 16.2. The highest BCUT2D eigenvalue weighted by Crippen LogP contribution is 2.18. The van der Waals surface area contributed by atoms with E-state index >= 15 is 0 Å². The van der Waals surface area contributed by atoms with Crippen molar-refractivity contribution in [1.82, 2.24) is 0 Å². The van der Waals surface area contributed by atoms with E-state index in [9.17, 15) is 0 Å². The van der Waals surface area contributed by atoms with Gasteiger partial charge in [-0.2, -0.15) is 0 Å². The summed E-state index contributed by atoms with van der Waals surface area (Å²) in [4.78, 5) is 0. The fourth-order valence-electron chi connectivity index (χ4n) is 1.82. The Morgan fingerprint density at radius 2 is 1.58 bits per heavy atom. The molecule has 0 amide bonds. The van der Waals surface area contributed by atoms with Crippen molar-refractivity contribution in [3.63, 3.8) is 0 Å². The smallest absolute Gasteiger partial charge is 0.0781 e. The number of hydrogen-bond donors (Lipinski definition) is 1. The Morgan fingerprint density at radius 1 is 1.00 bits per heavy atom. The first-order valence-corrected chi connectivity index (χ1v) is 7.09. The molecule has 2 N–H and O–H groups in total. The zero-order valence-electron chi connectivity index (χ0n) is 12.6. The minimum absolute atomic E-state index is 0.0784. The van der Waals surface area contributed by atoms with Gasteiger partial charge in [-0.3, -0.25) is 0 Å². The van der Waals surface area contributed by atoms with Gasteiger partial charge in [-0.05, 0) is 30.9 Å². The van der Waals surface area contributed by atoms with Crippen molar-refractivity contribution in [3.8, 4) is 0 Å². The van der Waals surface area contributed by atoms with Crippen molar-refractivity contribution < 1.29 is 9.47 Å². The standard InChI is InChI=1S/C16H27NO2/c1-5-18-10-13(4)19-11-16(17)15-8-6-14(7-9-15)12(2)3/h6-9,12-13,16H,5,10-11,17H2,1-4H3. The molecule has 3 heteroatoms. The number of hydrogen-bond acceptors (Lipinski definition) is 3. The van der Waals surface area contributed by atoms with E-state index in [-0.39, 0.29) is 12.1 Å². The van der Waals surface area contributed by atoms with Gasteiger partial charge in [0.2, 0.25) is 0 Å². The lowest BCUT2D eigenvalue weighted by Crippen LogP contribution is -2.23. The third kappa shape index (κ3) is 5.72. The highest BCUT2D eigenvalue weighted by Gasteiger charge is 2.09. The molecule has 2 unspecified atom stereocenters. The fourth-order valence-corrected chi connectivity index (χ4v) is 1.82. The summed E-state index contributed by atoms with van der Waals surface area (Å²) < 4.78 is 11.0. The number of benzene rings is 1. The molecule has 1 rings (SSSR count). The Kier molecular flexibility index (Phi) is 7.06. The van der Waals surface area contributed by atoms with Gasteiger partial charge in [-0.1, -0.05) is 38.1 Å². The van der Waals surface area contributed by atoms with Crippen molar-refractivity contribution in [1.29, 1.82) is 0 Å². The Hall–Kier alpha value is -0.900. The van der Waals surface area contributed by atoms with Gasteiger partial charge in [-0.15, -0.1) is 0 Å². The Labute approximate surface area is 117 Å². The Bertz CT molecular complexity index is 348. The minimum atomic E-state index is -0.0784. The summed E-state index contributed by atoms with van der Waals surface area (Å²) in [5.41, 5.74) is 8.59. The van der Waals surface area contributed by atoms with Crippen LogP contribution in [0.4, 0.5) is 0 Å². The van der Waals surface area contributed by atoms with E-state index in [1.807, 2.05) is 13.8 Å². The number of ether oxygens (including phenoxy) is 2. The molecular formula is C16H27NO2. The lowest BCUT2D eigenvalue weighted by Gasteiger charge is -2.18. The van der Waals surface area contributed by atoms with E-state index in [2.05, 4.69) is 38.1 Å². The van der Waals surface area contributed by atoms with Crippen LogP contribution in [0.25, 0.3) is 0 Å². The average Bonchev–Trinajstić information content (AvgIpc) is 2.42. The maximum atomic E-state index is 6.13. The van der Waals surface area contributed by atoms with Crippen LogP contribution in [0.3, 0.4) is 0 Å². The van der Waals surface area contributed by atoms with Crippen LogP contribution >= 0.6 is 0 Å². The van der Waals surface area contributed by atoms with Gasteiger partial charge >= 0.3 is 0 Å². The Balaban J connectivity index is 2.42. The normalized spacial score (nSPS) is 14.6. The molecule has 0 radical (unpaired) electrons. The molecule has 0 aromatic heterocycles. The van der Waals surface area contributed by atoms with Crippen LogP contribution in [0, 0.1) is 0 Å². The molecule has 2 atom stereocenters. The summed E-state index contributed by atoms with van der Waals surface area (Å²) in [6.45, 7) is 10.2. The van der Waals surface area contributed by atoms with Crippen LogP contribution in [0.1, 0.15) is 50.8 Å². The molecule has 0 fully saturated rings. The lowest BCUT2D eigenvalue weighted by atomic mass is 9.99. The van der Waals surface area contributed by atoms with E-state index in [1.54, 1.807) is 0 Å². The van der Waals surface area contributed by atoms with Crippen molar-refractivity contribution >= 4 is 0 Å². The van der Waals surface area contributed by atoms with E-state index < -0.39 is 0 Å². The zero-order chi connectivity index (χ0) is 14.3. The van der Waals surface area contributed by atoms with Crippen LogP contribution in [-0.4, -0.2) is 25.9 Å². The second-order valence-corrected chi connectivity index (χ2v) is 5.23. The molecule has 0 heterocycles. The van der Waals surface area contributed by atoms with Crippen molar-refractivity contribution in [3.05, 3.63) is 35.4 Å². The van der Waals surface area contributed by atoms with Gasteiger partial charge in [0.25, 0.3) is 0 Å². The largest absolute Gasteiger partial charge is 0.379 e. The quantitative estimate of drug-likeness (QED) is 0.784. The van der Waals surface area contributed by atoms with Crippen LogP contribution in [0.5, 0.6) is 0 Å². The van der Waals surface area contributed by atoms with Gasteiger partial charge in [0.15, 0.2) is 0 Å². The van der Waals surface area contributed by atoms with E-state index in [4.69, 9.17) is 15.2 Å². The van der Waals surface area contributed by atoms with E-state index in [0.717, 1.165) is 12.2 Å². The summed E-state index contributed by atoms with van der Waals surface area (Å²) in [5, 5.41) is 0. The van der Waals surface area contributed by atoms with Crippen LogP contribution in [0.2, 0.25) is 0 Å². The molecule has 108 valence electrons. The summed E-state index contributed by atoms with van der Waals surface area (Å²) in [7, 11) is 0. The molecule has 0 saturated heterocycles. The molecule has 0 saturated carbocycles. The molecule has 0 bridgehead atoms. The van der Waals surface area contributed by atoms with Gasteiger partial charge in [0.1, 0.15) is 0 Å². The monoisotopic (exact) mass is 265 g/mol. The average molecular weight is 265 g/mol. The third-order valence-corrected chi connectivity index (χ3v) is 3.15. The van der Waals surface area contributed by atoms with E-state index in [0.29, 0.717) is 19.1 Å². The van der Waals surface area contributed by atoms with E-state index in [1.165, 1.54) is 5.56 Å². The zero-order valence-corrected chi connectivity index (χ0v) is 12.6. The van der Waals surface area contributed by atoms with Gasteiger partial charge < -0.3 is 15.2 Å². The molecule has 0 aliphatic rings. The van der Waals surface area contributed by atoms with Crippen LogP contribution in [-0.2, 0) is 9.47 Å². The maximum absolute atomic E-state index is 6.13. The molecular weight excluding hydrogens is 238 g/mol. The summed E-state index contributed by atoms with van der Waals surface area (Å²) in [6.07, 6.45) is 0.0842. The molecule has 0 spiro atoms. The van der Waals surface area contributed by atoms with Crippen LogP contribution < -0.4 is 5.73 Å². The molecule has 19 heavy (non-hydrogen) atoms. The predicted molar refractivity (Wildman–Crippen MR) is 79.4 cm³/mol. The first-order chi connectivity index (χ1) is 9.04. The molecule has 0 aliphatic heterocycles. The summed E-state index contributed by atoms with van der Waals surface area (Å²) >= 11 is 0. The van der Waals surface area contributed by atoms with Crippen molar-refractivity contribution in [2.75, 3.05) is 19.8 Å². The number of rotatable bonds is 8.